The van der Waals surface area contributed by atoms with Gasteiger partial charge in [-0.15, -0.1) is 0 Å². The van der Waals surface area contributed by atoms with Crippen LogP contribution in [0.1, 0.15) is 30.1 Å². The van der Waals surface area contributed by atoms with Crippen molar-refractivity contribution in [3.05, 3.63) is 44.6 Å². The SMILES string of the molecule is CCn1c(=O)[nH]c2cc(C(=O)N3CCCC3)ccc2c1=O. The number of nitrogens with one attached hydrogen (secondary N) is 1. The first-order valence-corrected chi connectivity index (χ1v) is 7.18. The van der Waals surface area contributed by atoms with E-state index in [1.165, 1.54) is 0 Å². The molecule has 3 rings (SSSR count). The molecule has 0 aliphatic carbocycles. The van der Waals surface area contributed by atoms with Gasteiger partial charge in [0.1, 0.15) is 0 Å². The number of amides is 1. The van der Waals surface area contributed by atoms with Gasteiger partial charge in [-0.3, -0.25) is 14.2 Å². The fourth-order valence-electron chi connectivity index (χ4n) is 2.78. The lowest BCUT2D eigenvalue weighted by Crippen LogP contribution is -2.34. The van der Waals surface area contributed by atoms with Crippen LogP contribution < -0.4 is 11.2 Å². The highest BCUT2D eigenvalue weighted by atomic mass is 16.2. The molecule has 1 aromatic carbocycles. The number of H-pyrrole nitrogens is 1. The summed E-state index contributed by atoms with van der Waals surface area (Å²) in [6, 6.07) is 4.87. The number of rotatable bonds is 2. The maximum Gasteiger partial charge on any atom is 0.328 e. The van der Waals surface area contributed by atoms with Crippen LogP contribution in [0.4, 0.5) is 0 Å². The largest absolute Gasteiger partial charge is 0.339 e. The highest BCUT2D eigenvalue weighted by Gasteiger charge is 2.20. The Kier molecular flexibility index (Phi) is 3.37. The molecule has 0 unspecified atom stereocenters. The number of fused-ring (bicyclic) bond motifs is 1. The number of hydrogen-bond acceptors (Lipinski definition) is 3. The lowest BCUT2D eigenvalue weighted by atomic mass is 10.1. The summed E-state index contributed by atoms with van der Waals surface area (Å²) >= 11 is 0. The highest BCUT2D eigenvalue weighted by molar-refractivity contribution is 5.97. The standard InChI is InChI=1S/C15H17N3O3/c1-2-18-14(20)11-6-5-10(9-12(11)16-15(18)21)13(19)17-7-3-4-8-17/h5-6,9H,2-4,7-8H2,1H3,(H,16,21). The Morgan fingerprint density at radius 3 is 2.62 bits per heavy atom. The van der Waals surface area contributed by atoms with E-state index in [0.29, 0.717) is 23.0 Å². The molecule has 1 saturated heterocycles. The van der Waals surface area contributed by atoms with Crippen LogP contribution >= 0.6 is 0 Å². The third-order valence-electron chi connectivity index (χ3n) is 3.94. The Balaban J connectivity index is 2.10. The number of aromatic amines is 1. The van der Waals surface area contributed by atoms with E-state index in [-0.39, 0.29) is 11.5 Å². The highest BCUT2D eigenvalue weighted by Crippen LogP contribution is 2.15. The van der Waals surface area contributed by atoms with Crippen molar-refractivity contribution in [2.24, 2.45) is 0 Å². The van der Waals surface area contributed by atoms with Crippen LogP contribution in [-0.2, 0) is 6.54 Å². The molecule has 1 N–H and O–H groups in total. The molecule has 0 spiro atoms. The third kappa shape index (κ3) is 2.26. The Morgan fingerprint density at radius 2 is 1.95 bits per heavy atom. The quantitative estimate of drug-likeness (QED) is 0.893. The minimum absolute atomic E-state index is 0.0464. The molecule has 0 radical (unpaired) electrons. The van der Waals surface area contributed by atoms with Crippen LogP contribution in [0.3, 0.4) is 0 Å². The van der Waals surface area contributed by atoms with Gasteiger partial charge in [0.2, 0.25) is 0 Å². The zero-order valence-corrected chi connectivity index (χ0v) is 11.9. The summed E-state index contributed by atoms with van der Waals surface area (Å²) in [5.74, 6) is -0.0464. The second-order valence-electron chi connectivity index (χ2n) is 5.24. The van der Waals surface area contributed by atoms with Gasteiger partial charge in [-0.1, -0.05) is 0 Å². The van der Waals surface area contributed by atoms with Crippen LogP contribution in [0.2, 0.25) is 0 Å². The van der Waals surface area contributed by atoms with E-state index in [1.54, 1.807) is 30.0 Å². The van der Waals surface area contributed by atoms with Gasteiger partial charge in [0.25, 0.3) is 11.5 Å². The first kappa shape index (κ1) is 13.6. The van der Waals surface area contributed by atoms with Crippen LogP contribution in [0.25, 0.3) is 10.9 Å². The molecule has 0 bridgehead atoms. The van der Waals surface area contributed by atoms with Gasteiger partial charge in [0.05, 0.1) is 10.9 Å². The summed E-state index contributed by atoms with van der Waals surface area (Å²) in [4.78, 5) is 40.8. The molecule has 2 heterocycles. The second-order valence-corrected chi connectivity index (χ2v) is 5.24. The summed E-state index contributed by atoms with van der Waals surface area (Å²) in [6.45, 7) is 3.60. The second kappa shape index (κ2) is 5.20. The predicted molar refractivity (Wildman–Crippen MR) is 79.6 cm³/mol. The fraction of sp³-hybridized carbons (Fsp3) is 0.400. The summed E-state index contributed by atoms with van der Waals surface area (Å²) in [5.41, 5.74) is 0.158. The predicted octanol–water partition coefficient (Wildman–Crippen LogP) is 0.946. The van der Waals surface area contributed by atoms with Crippen molar-refractivity contribution in [2.75, 3.05) is 13.1 Å². The van der Waals surface area contributed by atoms with Crippen LogP contribution in [0.15, 0.2) is 27.8 Å². The van der Waals surface area contributed by atoms with Gasteiger partial charge in [0, 0.05) is 25.2 Å². The molecule has 1 aromatic heterocycles. The molecule has 1 fully saturated rings. The van der Waals surface area contributed by atoms with Crippen molar-refractivity contribution in [3.63, 3.8) is 0 Å². The number of likely N-dealkylation sites (tertiary alicyclic amines) is 1. The average Bonchev–Trinajstić information content (AvgIpc) is 3.00. The number of benzene rings is 1. The molecule has 2 aromatic rings. The Hall–Kier alpha value is -2.37. The van der Waals surface area contributed by atoms with E-state index >= 15 is 0 Å². The molecular weight excluding hydrogens is 270 g/mol. The Bertz CT molecular complexity index is 813. The Morgan fingerprint density at radius 1 is 1.24 bits per heavy atom. The van der Waals surface area contributed by atoms with E-state index in [1.807, 2.05) is 0 Å². The fourth-order valence-corrected chi connectivity index (χ4v) is 2.78. The van der Waals surface area contributed by atoms with E-state index < -0.39 is 5.69 Å². The molecular formula is C15H17N3O3. The monoisotopic (exact) mass is 287 g/mol. The maximum absolute atomic E-state index is 12.3. The number of hydrogen-bond donors (Lipinski definition) is 1. The summed E-state index contributed by atoms with van der Waals surface area (Å²) < 4.78 is 1.14. The maximum atomic E-state index is 12.3. The van der Waals surface area contributed by atoms with Crippen LogP contribution in [-0.4, -0.2) is 33.4 Å². The van der Waals surface area contributed by atoms with Crippen molar-refractivity contribution < 1.29 is 4.79 Å². The number of carbonyl (C=O) groups is 1. The van der Waals surface area contributed by atoms with Crippen LogP contribution in [0.5, 0.6) is 0 Å². The molecule has 0 saturated carbocycles. The van der Waals surface area contributed by atoms with Gasteiger partial charge < -0.3 is 9.88 Å². The van der Waals surface area contributed by atoms with Crippen molar-refractivity contribution in [3.8, 4) is 0 Å². The van der Waals surface area contributed by atoms with E-state index in [0.717, 1.165) is 30.5 Å². The Labute approximate surface area is 121 Å². The topological polar surface area (TPSA) is 75.2 Å². The number of nitrogens with zero attached hydrogens (tertiary/aromatic N) is 2. The van der Waals surface area contributed by atoms with E-state index in [9.17, 15) is 14.4 Å². The van der Waals surface area contributed by atoms with Gasteiger partial charge in [-0.2, -0.15) is 0 Å². The van der Waals surface area contributed by atoms with E-state index in [2.05, 4.69) is 4.98 Å². The van der Waals surface area contributed by atoms with Crippen molar-refractivity contribution >= 4 is 16.8 Å². The average molecular weight is 287 g/mol. The summed E-state index contributed by atoms with van der Waals surface area (Å²) in [6.07, 6.45) is 2.05. The number of carbonyl (C=O) groups excluding carboxylic acids is 1. The van der Waals surface area contributed by atoms with Crippen molar-refractivity contribution in [1.82, 2.24) is 14.5 Å². The first-order chi connectivity index (χ1) is 10.1. The number of aromatic nitrogens is 2. The zero-order valence-electron chi connectivity index (χ0n) is 11.9. The first-order valence-electron chi connectivity index (χ1n) is 7.18. The summed E-state index contributed by atoms with van der Waals surface area (Å²) in [5, 5.41) is 0.425. The minimum Gasteiger partial charge on any atom is -0.339 e. The normalized spacial score (nSPS) is 14.8. The lowest BCUT2D eigenvalue weighted by molar-refractivity contribution is 0.0793. The zero-order chi connectivity index (χ0) is 15.0. The molecule has 6 nitrogen and oxygen atoms in total. The van der Waals surface area contributed by atoms with Crippen molar-refractivity contribution in [1.29, 1.82) is 0 Å². The lowest BCUT2D eigenvalue weighted by Gasteiger charge is -2.15. The van der Waals surface area contributed by atoms with Crippen LogP contribution in [0, 0.1) is 0 Å². The molecule has 1 aliphatic rings. The van der Waals surface area contributed by atoms with Gasteiger partial charge in [-0.05, 0) is 38.0 Å². The summed E-state index contributed by atoms with van der Waals surface area (Å²) in [7, 11) is 0. The van der Waals surface area contributed by atoms with Gasteiger partial charge in [0.15, 0.2) is 0 Å². The van der Waals surface area contributed by atoms with Gasteiger partial charge in [-0.25, -0.2) is 4.79 Å². The molecule has 0 atom stereocenters. The molecule has 1 amide bonds. The molecule has 110 valence electrons. The molecule has 6 heteroatoms. The smallest absolute Gasteiger partial charge is 0.328 e. The van der Waals surface area contributed by atoms with Gasteiger partial charge >= 0.3 is 5.69 Å². The third-order valence-corrected chi connectivity index (χ3v) is 3.94. The van der Waals surface area contributed by atoms with E-state index in [4.69, 9.17) is 0 Å². The minimum atomic E-state index is -0.444. The molecule has 21 heavy (non-hydrogen) atoms. The van der Waals surface area contributed by atoms with Crippen molar-refractivity contribution in [2.45, 2.75) is 26.3 Å². The molecule has 1 aliphatic heterocycles.